The maximum atomic E-state index is 13.2. The van der Waals surface area contributed by atoms with Crippen LogP contribution in [0.3, 0.4) is 0 Å². The molecule has 2 fully saturated rings. The second-order valence-electron chi connectivity index (χ2n) is 11.3. The predicted octanol–water partition coefficient (Wildman–Crippen LogP) is 6.42. The number of hydrogen-bond acceptors (Lipinski definition) is 5. The van der Waals surface area contributed by atoms with Crippen LogP contribution in [-0.4, -0.2) is 68.8 Å². The minimum absolute atomic E-state index is 0. The van der Waals surface area contributed by atoms with Gasteiger partial charge < -0.3 is 19.9 Å². The Morgan fingerprint density at radius 3 is 2.15 bits per heavy atom. The molecule has 2 N–H and O–H groups in total. The number of unbranched alkanes of at least 4 members (excludes halogenated alkanes) is 1. The standard InChI is InChI=1S/C31H46N4O4S.ClH/c1-3-4-21-35(31(36)32-26-8-6-5-7-9-26)28-19-23-34(24-20-28)22-18-25-10-14-29(15-11-25)39-30-16-12-27(13-17-30)33-40(2,37)38;/h10-17,26,28,33H,3-9,18-24H2,1-2H3,(H,32,36);1H. The van der Waals surface area contributed by atoms with E-state index < -0.39 is 10.0 Å². The molecule has 0 atom stereocenters. The van der Waals surface area contributed by atoms with E-state index in [1.165, 1.54) is 24.8 Å². The van der Waals surface area contributed by atoms with Gasteiger partial charge in [-0.25, -0.2) is 13.2 Å². The van der Waals surface area contributed by atoms with Crippen molar-refractivity contribution >= 4 is 34.1 Å². The highest BCUT2D eigenvalue weighted by Gasteiger charge is 2.29. The number of ether oxygens (including phenoxy) is 1. The van der Waals surface area contributed by atoms with Gasteiger partial charge >= 0.3 is 6.03 Å². The summed E-state index contributed by atoms with van der Waals surface area (Å²) in [6.07, 6.45) is 12.3. The molecule has 1 saturated heterocycles. The topological polar surface area (TPSA) is 91.0 Å². The van der Waals surface area contributed by atoms with Crippen LogP contribution in [-0.2, 0) is 16.4 Å². The number of piperidine rings is 1. The van der Waals surface area contributed by atoms with Crippen molar-refractivity contribution in [1.29, 1.82) is 0 Å². The number of amides is 2. The zero-order valence-electron chi connectivity index (χ0n) is 24.5. The Morgan fingerprint density at radius 1 is 0.951 bits per heavy atom. The minimum atomic E-state index is -3.30. The van der Waals surface area contributed by atoms with E-state index in [2.05, 4.69) is 38.9 Å². The summed E-state index contributed by atoms with van der Waals surface area (Å²) < 4.78 is 31.1. The van der Waals surface area contributed by atoms with Crippen LogP contribution < -0.4 is 14.8 Å². The first kappa shape index (κ1) is 33.0. The smallest absolute Gasteiger partial charge is 0.317 e. The number of nitrogens with one attached hydrogen (secondary N) is 2. The lowest BCUT2D eigenvalue weighted by atomic mass is 9.95. The van der Waals surface area contributed by atoms with Gasteiger partial charge in [-0.1, -0.05) is 44.7 Å². The summed E-state index contributed by atoms with van der Waals surface area (Å²) in [6, 6.07) is 15.8. The van der Waals surface area contributed by atoms with Crippen molar-refractivity contribution in [1.82, 2.24) is 15.1 Å². The number of carbonyl (C=O) groups excluding carboxylic acids is 1. The normalized spacial score (nSPS) is 16.9. The van der Waals surface area contributed by atoms with Crippen molar-refractivity contribution in [3.05, 3.63) is 54.1 Å². The Balaban J connectivity index is 0.00000462. The maximum absolute atomic E-state index is 13.2. The van der Waals surface area contributed by atoms with Crippen molar-refractivity contribution in [3.63, 3.8) is 0 Å². The molecule has 0 bridgehead atoms. The minimum Gasteiger partial charge on any atom is -0.457 e. The summed E-state index contributed by atoms with van der Waals surface area (Å²) in [6.45, 7) is 6.10. The Labute approximate surface area is 252 Å². The molecule has 4 rings (SSSR count). The lowest BCUT2D eigenvalue weighted by Crippen LogP contribution is -2.53. The summed E-state index contributed by atoms with van der Waals surface area (Å²) in [5.41, 5.74) is 1.77. The zero-order chi connectivity index (χ0) is 28.4. The number of urea groups is 1. The first-order valence-corrected chi connectivity index (χ1v) is 16.8. The molecule has 228 valence electrons. The average molecular weight is 607 g/mol. The van der Waals surface area contributed by atoms with Gasteiger partial charge in [0, 0.05) is 44.0 Å². The van der Waals surface area contributed by atoms with E-state index in [1.54, 1.807) is 24.3 Å². The Hall–Kier alpha value is -2.49. The van der Waals surface area contributed by atoms with Crippen LogP contribution in [0.25, 0.3) is 0 Å². The van der Waals surface area contributed by atoms with Gasteiger partial charge in [0.15, 0.2) is 0 Å². The molecule has 10 heteroatoms. The predicted molar refractivity (Wildman–Crippen MR) is 169 cm³/mol. The van der Waals surface area contributed by atoms with Gasteiger partial charge in [-0.05, 0) is 80.5 Å². The molecular formula is C31H47ClN4O4S. The van der Waals surface area contributed by atoms with Crippen LogP contribution in [0.2, 0.25) is 0 Å². The molecule has 1 saturated carbocycles. The molecule has 1 heterocycles. The van der Waals surface area contributed by atoms with Crippen molar-refractivity contribution in [2.75, 3.05) is 37.2 Å². The molecule has 1 aliphatic carbocycles. The largest absolute Gasteiger partial charge is 0.457 e. The molecule has 1 aliphatic heterocycles. The number of benzene rings is 2. The molecule has 0 radical (unpaired) electrons. The summed E-state index contributed by atoms with van der Waals surface area (Å²) in [4.78, 5) is 17.8. The number of halogens is 1. The lowest BCUT2D eigenvalue weighted by Gasteiger charge is -2.39. The van der Waals surface area contributed by atoms with Crippen LogP contribution >= 0.6 is 12.4 Å². The molecule has 0 aromatic heterocycles. The number of nitrogens with zero attached hydrogens (tertiary/aromatic N) is 2. The van der Waals surface area contributed by atoms with Gasteiger partial charge in [0.1, 0.15) is 11.5 Å². The van der Waals surface area contributed by atoms with E-state index in [0.717, 1.165) is 83.1 Å². The molecule has 2 aromatic rings. The molecule has 2 amide bonds. The highest BCUT2D eigenvalue weighted by Crippen LogP contribution is 2.25. The third-order valence-electron chi connectivity index (χ3n) is 7.98. The summed E-state index contributed by atoms with van der Waals surface area (Å²) in [5, 5.41) is 3.35. The quantitative estimate of drug-likeness (QED) is 0.291. The third-order valence-corrected chi connectivity index (χ3v) is 8.58. The van der Waals surface area contributed by atoms with Crippen molar-refractivity contribution < 1.29 is 17.9 Å². The molecule has 0 unspecified atom stereocenters. The number of anilines is 1. The van der Waals surface area contributed by atoms with E-state index >= 15 is 0 Å². The fourth-order valence-electron chi connectivity index (χ4n) is 5.69. The Kier molecular flexibility index (Phi) is 13.1. The Bertz CT molecular complexity index is 1160. The fourth-order valence-corrected chi connectivity index (χ4v) is 6.25. The molecule has 8 nitrogen and oxygen atoms in total. The second kappa shape index (κ2) is 16.2. The summed E-state index contributed by atoms with van der Waals surface area (Å²) in [7, 11) is -3.30. The monoisotopic (exact) mass is 606 g/mol. The van der Waals surface area contributed by atoms with Crippen LogP contribution in [0.1, 0.15) is 70.3 Å². The van der Waals surface area contributed by atoms with Crippen LogP contribution in [0, 0.1) is 0 Å². The van der Waals surface area contributed by atoms with Gasteiger partial charge in [0.2, 0.25) is 10.0 Å². The van der Waals surface area contributed by atoms with Gasteiger partial charge in [-0.2, -0.15) is 0 Å². The Morgan fingerprint density at radius 2 is 1.56 bits per heavy atom. The summed E-state index contributed by atoms with van der Waals surface area (Å²) in [5.74, 6) is 1.39. The zero-order valence-corrected chi connectivity index (χ0v) is 26.1. The molecule has 41 heavy (non-hydrogen) atoms. The highest BCUT2D eigenvalue weighted by atomic mass is 35.5. The molecule has 0 spiro atoms. The van der Waals surface area contributed by atoms with Gasteiger partial charge in [0.05, 0.1) is 6.26 Å². The highest BCUT2D eigenvalue weighted by molar-refractivity contribution is 7.92. The molecule has 2 aliphatic rings. The lowest BCUT2D eigenvalue weighted by molar-refractivity contribution is 0.117. The fraction of sp³-hybridized carbons (Fsp3) is 0.581. The van der Waals surface area contributed by atoms with E-state index in [-0.39, 0.29) is 18.4 Å². The maximum Gasteiger partial charge on any atom is 0.317 e. The SMILES string of the molecule is CCCCN(C(=O)NC1CCCCC1)C1CCN(CCc2ccc(Oc3ccc(NS(C)(=O)=O)cc3)cc2)CC1.Cl. The first-order valence-electron chi connectivity index (χ1n) is 14.9. The van der Waals surface area contributed by atoms with E-state index in [1.807, 2.05) is 12.1 Å². The van der Waals surface area contributed by atoms with Crippen LogP contribution in [0.5, 0.6) is 11.5 Å². The van der Waals surface area contributed by atoms with Crippen LogP contribution in [0.15, 0.2) is 48.5 Å². The number of likely N-dealkylation sites (tertiary alicyclic amines) is 1. The van der Waals surface area contributed by atoms with E-state index in [4.69, 9.17) is 4.74 Å². The van der Waals surface area contributed by atoms with E-state index in [9.17, 15) is 13.2 Å². The number of rotatable bonds is 12. The van der Waals surface area contributed by atoms with Gasteiger partial charge in [0.25, 0.3) is 0 Å². The second-order valence-corrected chi connectivity index (χ2v) is 13.0. The number of carbonyl (C=O) groups is 1. The van der Waals surface area contributed by atoms with E-state index in [0.29, 0.717) is 23.5 Å². The molecular weight excluding hydrogens is 560 g/mol. The van der Waals surface area contributed by atoms with Crippen molar-refractivity contribution in [3.8, 4) is 11.5 Å². The first-order chi connectivity index (χ1) is 19.3. The molecule has 2 aromatic carbocycles. The van der Waals surface area contributed by atoms with Crippen LogP contribution in [0.4, 0.5) is 10.5 Å². The summed E-state index contributed by atoms with van der Waals surface area (Å²) >= 11 is 0. The number of hydrogen-bond donors (Lipinski definition) is 2. The third kappa shape index (κ3) is 11.0. The van der Waals surface area contributed by atoms with Gasteiger partial charge in [-0.15, -0.1) is 12.4 Å². The average Bonchev–Trinajstić information content (AvgIpc) is 2.94. The van der Waals surface area contributed by atoms with Gasteiger partial charge in [-0.3, -0.25) is 4.72 Å². The van der Waals surface area contributed by atoms with Crippen molar-refractivity contribution in [2.24, 2.45) is 0 Å². The van der Waals surface area contributed by atoms with Crippen molar-refractivity contribution in [2.45, 2.75) is 83.2 Å². The number of sulfonamides is 1.